The smallest absolute Gasteiger partial charge is 0.213 e. The van der Waals surface area contributed by atoms with Gasteiger partial charge >= 0.3 is 0 Å². The van der Waals surface area contributed by atoms with E-state index < -0.39 is 0 Å². The second kappa shape index (κ2) is 9.42. The molecule has 0 unspecified atom stereocenters. The quantitative estimate of drug-likeness (QED) is 0.220. The highest BCUT2D eigenvalue weighted by atomic mass is 35.5. The maximum Gasteiger partial charge on any atom is 0.213 e. The van der Waals surface area contributed by atoms with Crippen LogP contribution in [0.15, 0.2) is 41.4 Å². The Morgan fingerprint density at radius 1 is 1.38 bits per heavy atom. The Morgan fingerprint density at radius 3 is 2.77 bits per heavy atom. The van der Waals surface area contributed by atoms with Crippen molar-refractivity contribution in [1.29, 1.82) is 5.41 Å². The zero-order valence-corrected chi connectivity index (χ0v) is 16.3. The maximum absolute atomic E-state index is 8.31. The summed E-state index contributed by atoms with van der Waals surface area (Å²) in [6.45, 7) is 3.59. The minimum Gasteiger partial charge on any atom is -0.373 e. The number of aromatic nitrogens is 1. The molecular formula is C17H22ClN7S. The number of pyridine rings is 1. The molecule has 0 saturated heterocycles. The van der Waals surface area contributed by atoms with E-state index in [0.29, 0.717) is 28.0 Å². The second-order valence-electron chi connectivity index (χ2n) is 5.37. The number of nitrogens with one attached hydrogen (secondary N) is 2. The number of aliphatic imine (C=N–C) groups is 1. The zero-order valence-electron chi connectivity index (χ0n) is 14.7. The van der Waals surface area contributed by atoms with Gasteiger partial charge in [-0.1, -0.05) is 23.7 Å². The first-order valence-corrected chi connectivity index (χ1v) is 9.32. The van der Waals surface area contributed by atoms with Gasteiger partial charge in [0.15, 0.2) is 0 Å². The average Bonchev–Trinajstić information content (AvgIpc) is 2.64. The lowest BCUT2D eigenvalue weighted by atomic mass is 10.2. The zero-order chi connectivity index (χ0) is 19.1. The highest BCUT2D eigenvalue weighted by Gasteiger charge is 2.19. The van der Waals surface area contributed by atoms with Crippen molar-refractivity contribution in [2.24, 2.45) is 10.8 Å². The number of rotatable bonds is 7. The van der Waals surface area contributed by atoms with Crippen molar-refractivity contribution in [2.45, 2.75) is 5.75 Å². The van der Waals surface area contributed by atoms with Gasteiger partial charge in [-0.2, -0.15) is 0 Å². The number of hydrazine groups is 1. The lowest BCUT2D eigenvalue weighted by Crippen LogP contribution is -2.45. The molecule has 0 aliphatic carbocycles. The summed E-state index contributed by atoms with van der Waals surface area (Å²) in [4.78, 5) is 10.3. The van der Waals surface area contributed by atoms with Crippen LogP contribution in [-0.4, -0.2) is 42.6 Å². The SMILES string of the molecule is C=Nc1c(Cl)cccc1N(CSCc1cccc(NC)n1)C(=N)N(C)N. The highest BCUT2D eigenvalue weighted by molar-refractivity contribution is 7.98. The summed E-state index contributed by atoms with van der Waals surface area (Å²) >= 11 is 7.83. The average molecular weight is 392 g/mol. The van der Waals surface area contributed by atoms with Gasteiger partial charge in [0, 0.05) is 19.8 Å². The summed E-state index contributed by atoms with van der Waals surface area (Å²) in [5.41, 5.74) is 2.15. The van der Waals surface area contributed by atoms with Crippen molar-refractivity contribution >= 4 is 53.2 Å². The molecule has 0 fully saturated rings. The summed E-state index contributed by atoms with van der Waals surface area (Å²) in [7, 11) is 3.45. The van der Waals surface area contributed by atoms with Crippen LogP contribution in [0.4, 0.5) is 17.2 Å². The third-order valence-corrected chi connectivity index (χ3v) is 4.78. The van der Waals surface area contributed by atoms with Crippen LogP contribution in [0.3, 0.4) is 0 Å². The topological polar surface area (TPSA) is 93.6 Å². The van der Waals surface area contributed by atoms with E-state index in [4.69, 9.17) is 22.9 Å². The molecule has 0 amide bonds. The first-order valence-electron chi connectivity index (χ1n) is 7.79. The van der Waals surface area contributed by atoms with Crippen molar-refractivity contribution in [1.82, 2.24) is 9.99 Å². The molecule has 0 spiro atoms. The number of nitrogens with two attached hydrogens (primary N) is 1. The number of para-hydroxylation sites is 1. The van der Waals surface area contributed by atoms with E-state index in [1.807, 2.05) is 37.4 Å². The minimum atomic E-state index is 0.126. The number of benzene rings is 1. The first kappa shape index (κ1) is 20.0. The van der Waals surface area contributed by atoms with E-state index in [9.17, 15) is 0 Å². The van der Waals surface area contributed by atoms with Crippen LogP contribution in [0.1, 0.15) is 5.69 Å². The van der Waals surface area contributed by atoms with Crippen molar-refractivity contribution < 1.29 is 0 Å². The van der Waals surface area contributed by atoms with Gasteiger partial charge in [-0.25, -0.2) is 10.8 Å². The Labute approximate surface area is 162 Å². The van der Waals surface area contributed by atoms with Gasteiger partial charge in [-0.05, 0) is 31.0 Å². The molecule has 0 aliphatic rings. The second-order valence-corrected chi connectivity index (χ2v) is 6.73. The Bertz CT molecular complexity index is 781. The molecule has 26 heavy (non-hydrogen) atoms. The number of thioether (sulfide) groups is 1. The summed E-state index contributed by atoms with van der Waals surface area (Å²) < 4.78 is 0. The molecule has 0 radical (unpaired) electrons. The predicted octanol–water partition coefficient (Wildman–Crippen LogP) is 3.55. The Hall–Kier alpha value is -2.29. The van der Waals surface area contributed by atoms with Gasteiger partial charge in [-0.15, -0.1) is 11.8 Å². The summed E-state index contributed by atoms with van der Waals surface area (Å²) in [5, 5.41) is 13.1. The number of halogens is 1. The van der Waals surface area contributed by atoms with Crippen LogP contribution < -0.4 is 16.1 Å². The van der Waals surface area contributed by atoms with Crippen LogP contribution in [0, 0.1) is 5.41 Å². The van der Waals surface area contributed by atoms with E-state index in [2.05, 4.69) is 22.0 Å². The largest absolute Gasteiger partial charge is 0.373 e. The Kier molecular flexibility index (Phi) is 7.26. The molecule has 0 bridgehead atoms. The molecule has 1 aromatic carbocycles. The first-order chi connectivity index (χ1) is 12.5. The molecule has 0 aliphatic heterocycles. The van der Waals surface area contributed by atoms with E-state index in [-0.39, 0.29) is 5.96 Å². The van der Waals surface area contributed by atoms with Crippen LogP contribution in [0.25, 0.3) is 0 Å². The summed E-state index contributed by atoms with van der Waals surface area (Å²) in [6, 6.07) is 11.2. The lowest BCUT2D eigenvalue weighted by molar-refractivity contribution is 0.523. The monoisotopic (exact) mass is 391 g/mol. The number of guanidine groups is 1. The normalized spacial score (nSPS) is 10.3. The summed E-state index contributed by atoms with van der Waals surface area (Å²) in [6.07, 6.45) is 0. The molecule has 0 saturated carbocycles. The van der Waals surface area contributed by atoms with E-state index >= 15 is 0 Å². The van der Waals surface area contributed by atoms with Crippen molar-refractivity contribution in [2.75, 3.05) is 30.2 Å². The van der Waals surface area contributed by atoms with Crippen LogP contribution in [-0.2, 0) is 5.75 Å². The molecule has 2 aromatic rings. The lowest BCUT2D eigenvalue weighted by Gasteiger charge is -2.29. The van der Waals surface area contributed by atoms with E-state index in [1.165, 1.54) is 5.01 Å². The molecule has 9 heteroatoms. The maximum atomic E-state index is 8.31. The number of nitrogens with zero attached hydrogens (tertiary/aromatic N) is 4. The molecule has 1 heterocycles. The van der Waals surface area contributed by atoms with E-state index in [1.54, 1.807) is 29.8 Å². The number of hydrogen-bond donors (Lipinski definition) is 3. The Balaban J connectivity index is 2.19. The highest BCUT2D eigenvalue weighted by Crippen LogP contribution is 2.36. The fourth-order valence-electron chi connectivity index (χ4n) is 2.25. The fourth-order valence-corrected chi connectivity index (χ4v) is 3.39. The van der Waals surface area contributed by atoms with Gasteiger partial charge in [0.05, 0.1) is 22.3 Å². The fraction of sp³-hybridized carbons (Fsp3) is 0.235. The number of hydrogen-bond acceptors (Lipinski definition) is 6. The number of anilines is 2. The van der Waals surface area contributed by atoms with E-state index in [0.717, 1.165) is 11.5 Å². The van der Waals surface area contributed by atoms with Gasteiger partial charge in [-0.3, -0.25) is 20.3 Å². The van der Waals surface area contributed by atoms with Gasteiger partial charge in [0.25, 0.3) is 0 Å². The third kappa shape index (κ3) is 4.87. The van der Waals surface area contributed by atoms with Gasteiger partial charge in [0.1, 0.15) is 11.5 Å². The van der Waals surface area contributed by atoms with Gasteiger partial charge in [0.2, 0.25) is 5.96 Å². The predicted molar refractivity (Wildman–Crippen MR) is 113 cm³/mol. The van der Waals surface area contributed by atoms with Crippen molar-refractivity contribution in [3.63, 3.8) is 0 Å². The van der Waals surface area contributed by atoms with Crippen LogP contribution in [0.2, 0.25) is 5.02 Å². The van der Waals surface area contributed by atoms with Crippen molar-refractivity contribution in [3.05, 3.63) is 47.1 Å². The molecule has 0 atom stereocenters. The van der Waals surface area contributed by atoms with Gasteiger partial charge < -0.3 is 5.32 Å². The minimum absolute atomic E-state index is 0.126. The summed E-state index contributed by atoms with van der Waals surface area (Å²) in [5.74, 6) is 7.90. The molecule has 4 N–H and O–H groups in total. The molecule has 1 aromatic heterocycles. The van der Waals surface area contributed by atoms with Crippen LogP contribution >= 0.6 is 23.4 Å². The third-order valence-electron chi connectivity index (χ3n) is 3.54. The molecule has 2 rings (SSSR count). The molecule has 7 nitrogen and oxygen atoms in total. The van der Waals surface area contributed by atoms with Crippen LogP contribution in [0.5, 0.6) is 0 Å². The molecule has 138 valence electrons. The molecular weight excluding hydrogens is 370 g/mol. The standard InChI is InChI=1S/C17H22ClN7S/c1-21-15-9-4-6-12(23-15)10-26-11-25(17(19)24(3)20)14-8-5-7-13(18)16(14)22-2/h4-9,19H,2,10-11,20H2,1,3H3,(H,21,23). The van der Waals surface area contributed by atoms with Crippen molar-refractivity contribution in [3.8, 4) is 0 Å². The Morgan fingerprint density at radius 2 is 2.12 bits per heavy atom.